The van der Waals surface area contributed by atoms with Gasteiger partial charge in [-0.15, -0.1) is 0 Å². The van der Waals surface area contributed by atoms with E-state index < -0.39 is 0 Å². The fourth-order valence-electron chi connectivity index (χ4n) is 2.60. The van der Waals surface area contributed by atoms with Crippen LogP contribution in [0.25, 0.3) is 21.5 Å². The fraction of sp³-hybridized carbons (Fsp3) is 0.176. The van der Waals surface area contributed by atoms with E-state index in [4.69, 9.17) is 4.43 Å². The van der Waals surface area contributed by atoms with Crippen molar-refractivity contribution in [2.24, 2.45) is 0 Å². The van der Waals surface area contributed by atoms with Gasteiger partial charge in [-0.2, -0.15) is 0 Å². The van der Waals surface area contributed by atoms with E-state index in [1.807, 2.05) is 0 Å². The Hall–Kier alpha value is -1.64. The van der Waals surface area contributed by atoms with E-state index in [0.717, 1.165) is 16.9 Å². The molecule has 1 unspecified atom stereocenters. The minimum Gasteiger partial charge on any atom is -0.425 e. The van der Waals surface area contributed by atoms with Gasteiger partial charge in [0.1, 0.15) is 10.5 Å². The Morgan fingerprint density at radius 3 is 2.37 bits per heavy atom. The van der Waals surface area contributed by atoms with E-state index in [2.05, 4.69) is 61.5 Å². The molecule has 0 radical (unpaired) electrons. The van der Waals surface area contributed by atoms with Crippen LogP contribution in [0.2, 0.25) is 0 Å². The maximum atomic E-state index is 5.53. The zero-order chi connectivity index (χ0) is 13.2. The summed E-state index contributed by atoms with van der Waals surface area (Å²) >= 11 is 0. The molecule has 0 aromatic heterocycles. The van der Waals surface area contributed by atoms with Gasteiger partial charge in [-0.1, -0.05) is 42.5 Å². The Bertz CT molecular complexity index is 721. The van der Waals surface area contributed by atoms with Gasteiger partial charge in [0.2, 0.25) is 0 Å². The second-order valence-corrected chi connectivity index (χ2v) is 5.56. The smallest absolute Gasteiger partial charge is 0.146 e. The molecule has 0 aliphatic carbocycles. The predicted octanol–water partition coefficient (Wildman–Crippen LogP) is 3.22. The highest BCUT2D eigenvalue weighted by Gasteiger charge is 2.06. The van der Waals surface area contributed by atoms with Gasteiger partial charge in [0.25, 0.3) is 0 Å². The number of rotatable bonds is 3. The molecule has 3 aromatic rings. The average Bonchev–Trinajstić information content (AvgIpc) is 2.45. The van der Waals surface area contributed by atoms with Crippen LogP contribution in [-0.4, -0.2) is 16.6 Å². The molecule has 3 aromatic carbocycles. The molecule has 0 aliphatic heterocycles. The molecule has 0 fully saturated rings. The summed E-state index contributed by atoms with van der Waals surface area (Å²) < 4.78 is 5.53. The van der Waals surface area contributed by atoms with Gasteiger partial charge in [-0.25, -0.2) is 0 Å². The van der Waals surface area contributed by atoms with Gasteiger partial charge in [0.15, 0.2) is 0 Å². The van der Waals surface area contributed by atoms with Crippen LogP contribution in [-0.2, 0) is 10.8 Å². The second-order valence-electron chi connectivity index (χ2n) is 5.09. The average molecular weight is 266 g/mol. The van der Waals surface area contributed by atoms with Crippen molar-refractivity contribution in [3.05, 3.63) is 60.2 Å². The molecule has 0 amide bonds. The molecular formula is C17H18OSi. The van der Waals surface area contributed by atoms with Crippen LogP contribution in [0.5, 0.6) is 0 Å². The van der Waals surface area contributed by atoms with Crippen molar-refractivity contribution in [2.45, 2.75) is 19.4 Å². The van der Waals surface area contributed by atoms with E-state index >= 15 is 0 Å². The normalized spacial score (nSPS) is 13.1. The molecule has 0 saturated heterocycles. The lowest BCUT2D eigenvalue weighted by Gasteiger charge is -2.13. The van der Waals surface area contributed by atoms with Gasteiger partial charge >= 0.3 is 0 Å². The summed E-state index contributed by atoms with van der Waals surface area (Å²) in [6, 6.07) is 19.7. The molecule has 0 heterocycles. The van der Waals surface area contributed by atoms with Crippen molar-refractivity contribution in [3.8, 4) is 0 Å². The predicted molar refractivity (Wildman–Crippen MR) is 85.6 cm³/mol. The Morgan fingerprint density at radius 1 is 0.947 bits per heavy atom. The van der Waals surface area contributed by atoms with E-state index in [-0.39, 0.29) is 0 Å². The van der Waals surface area contributed by atoms with Crippen LogP contribution < -0.4 is 0 Å². The molecule has 96 valence electrons. The van der Waals surface area contributed by atoms with Gasteiger partial charge in [-0.3, -0.25) is 0 Å². The summed E-state index contributed by atoms with van der Waals surface area (Å²) in [4.78, 5) is 0. The molecule has 1 atom stereocenters. The SMILES string of the molecule is CC(Cc1cccc2cc3ccccc3cc12)O[SiH3]. The maximum absolute atomic E-state index is 5.53. The molecule has 3 rings (SSSR count). The highest BCUT2D eigenvalue weighted by Crippen LogP contribution is 2.26. The fourth-order valence-corrected chi connectivity index (χ4v) is 2.77. The molecule has 19 heavy (non-hydrogen) atoms. The van der Waals surface area contributed by atoms with Crippen molar-refractivity contribution in [3.63, 3.8) is 0 Å². The summed E-state index contributed by atoms with van der Waals surface area (Å²) in [6.07, 6.45) is 1.29. The maximum Gasteiger partial charge on any atom is 0.146 e. The van der Waals surface area contributed by atoms with Gasteiger partial charge in [0.05, 0.1) is 0 Å². The van der Waals surface area contributed by atoms with Crippen molar-refractivity contribution in [1.29, 1.82) is 0 Å². The minimum atomic E-state index is 0.309. The van der Waals surface area contributed by atoms with Crippen LogP contribution in [0.3, 0.4) is 0 Å². The molecule has 0 spiro atoms. The number of hydrogen-bond donors (Lipinski definition) is 0. The van der Waals surface area contributed by atoms with Crippen LogP contribution in [0, 0.1) is 0 Å². The summed E-state index contributed by atoms with van der Waals surface area (Å²) in [5.41, 5.74) is 1.38. The highest BCUT2D eigenvalue weighted by atomic mass is 28.2. The van der Waals surface area contributed by atoms with E-state index in [1.54, 1.807) is 0 Å². The zero-order valence-corrected chi connectivity index (χ0v) is 13.4. The van der Waals surface area contributed by atoms with Crippen LogP contribution in [0.4, 0.5) is 0 Å². The van der Waals surface area contributed by atoms with E-state index in [9.17, 15) is 0 Å². The third-order valence-electron chi connectivity index (χ3n) is 3.75. The monoisotopic (exact) mass is 266 g/mol. The Labute approximate surface area is 116 Å². The lowest BCUT2D eigenvalue weighted by Crippen LogP contribution is -2.09. The number of benzene rings is 3. The molecule has 0 N–H and O–H groups in total. The van der Waals surface area contributed by atoms with Gasteiger partial charge < -0.3 is 4.43 Å². The Morgan fingerprint density at radius 2 is 1.63 bits per heavy atom. The Kier molecular flexibility index (Phi) is 3.36. The first-order chi connectivity index (χ1) is 9.28. The van der Waals surface area contributed by atoms with E-state index in [0.29, 0.717) is 6.10 Å². The standard InChI is InChI=1S/C17H18OSi/c1-12(18-19)9-15-7-4-8-16-10-13-5-2-3-6-14(13)11-17(15)16/h2-8,10-12H,9H2,1,19H3. The first kappa shape index (κ1) is 12.4. The summed E-state index contributed by atoms with van der Waals surface area (Å²) in [5, 5.41) is 5.28. The third kappa shape index (κ3) is 2.42. The number of hydrogen-bond acceptors (Lipinski definition) is 1. The van der Waals surface area contributed by atoms with Crippen molar-refractivity contribution < 1.29 is 4.43 Å². The summed E-state index contributed by atoms with van der Waals surface area (Å²) in [6.45, 7) is 2.15. The summed E-state index contributed by atoms with van der Waals surface area (Å²) in [5.74, 6) is 0. The molecule has 0 saturated carbocycles. The van der Waals surface area contributed by atoms with E-state index in [1.165, 1.54) is 27.1 Å². The summed E-state index contributed by atoms with van der Waals surface area (Å²) in [7, 11) is 0.801. The highest BCUT2D eigenvalue weighted by molar-refractivity contribution is 6.00. The molecular weight excluding hydrogens is 248 g/mol. The van der Waals surface area contributed by atoms with Crippen LogP contribution >= 0.6 is 0 Å². The molecule has 0 bridgehead atoms. The number of fused-ring (bicyclic) bond motifs is 2. The largest absolute Gasteiger partial charge is 0.425 e. The molecule has 1 nitrogen and oxygen atoms in total. The first-order valence-corrected chi connectivity index (χ1v) is 7.53. The lowest BCUT2D eigenvalue weighted by atomic mass is 9.97. The second kappa shape index (κ2) is 5.15. The van der Waals surface area contributed by atoms with Crippen molar-refractivity contribution in [1.82, 2.24) is 0 Å². The zero-order valence-electron chi connectivity index (χ0n) is 11.4. The third-order valence-corrected chi connectivity index (χ3v) is 4.55. The molecule has 0 aliphatic rings. The quantitative estimate of drug-likeness (QED) is 0.522. The topological polar surface area (TPSA) is 9.23 Å². The minimum absolute atomic E-state index is 0.309. The Balaban J connectivity index is 2.20. The lowest BCUT2D eigenvalue weighted by molar-refractivity contribution is 0.245. The van der Waals surface area contributed by atoms with Gasteiger partial charge in [-0.05, 0) is 52.6 Å². The van der Waals surface area contributed by atoms with Crippen LogP contribution in [0.1, 0.15) is 12.5 Å². The van der Waals surface area contributed by atoms with Crippen molar-refractivity contribution >= 4 is 32.0 Å². The first-order valence-electron chi connectivity index (χ1n) is 6.71. The van der Waals surface area contributed by atoms with Crippen LogP contribution in [0.15, 0.2) is 54.6 Å². The van der Waals surface area contributed by atoms with Crippen molar-refractivity contribution in [2.75, 3.05) is 0 Å². The van der Waals surface area contributed by atoms with Gasteiger partial charge in [0, 0.05) is 6.10 Å². The molecule has 2 heteroatoms.